The first kappa shape index (κ1) is 18.4. The van der Waals surface area contributed by atoms with Crippen molar-refractivity contribution in [3.05, 3.63) is 65.7 Å². The Morgan fingerprint density at radius 2 is 1.78 bits per heavy atom. The molecule has 1 heterocycles. The number of para-hydroxylation sites is 1. The number of carboxylic acids is 1. The van der Waals surface area contributed by atoms with Crippen LogP contribution in [0.3, 0.4) is 0 Å². The van der Waals surface area contributed by atoms with Crippen molar-refractivity contribution in [2.24, 2.45) is 5.92 Å². The fourth-order valence-corrected chi connectivity index (χ4v) is 3.15. The maximum absolute atomic E-state index is 12.8. The number of carbonyl (C=O) groups excluding carboxylic acids is 2. The van der Waals surface area contributed by atoms with Gasteiger partial charge >= 0.3 is 12.0 Å². The maximum atomic E-state index is 12.8. The van der Waals surface area contributed by atoms with E-state index in [4.69, 9.17) is 4.74 Å². The summed E-state index contributed by atoms with van der Waals surface area (Å²) in [5.41, 5.74) is -0.422. The summed E-state index contributed by atoms with van der Waals surface area (Å²) < 4.78 is 5.78. The minimum Gasteiger partial charge on any atom is -0.492 e. The fraction of sp³-hybridized carbons (Fsp3) is 0.250. The van der Waals surface area contributed by atoms with Crippen LogP contribution in [0.1, 0.15) is 24.5 Å². The Bertz CT molecular complexity index is 868. The minimum atomic E-state index is -1.44. The van der Waals surface area contributed by atoms with Crippen LogP contribution in [0.4, 0.5) is 4.79 Å². The van der Waals surface area contributed by atoms with Crippen molar-refractivity contribution < 1.29 is 24.2 Å². The van der Waals surface area contributed by atoms with Gasteiger partial charge in [-0.1, -0.05) is 55.5 Å². The van der Waals surface area contributed by atoms with E-state index >= 15 is 0 Å². The van der Waals surface area contributed by atoms with Gasteiger partial charge in [0.05, 0.1) is 5.92 Å². The molecule has 0 radical (unpaired) electrons. The molecule has 7 heteroatoms. The van der Waals surface area contributed by atoms with Crippen LogP contribution in [0.25, 0.3) is 0 Å². The molecule has 27 heavy (non-hydrogen) atoms. The molecule has 0 aromatic heterocycles. The van der Waals surface area contributed by atoms with Crippen LogP contribution in [0.5, 0.6) is 5.75 Å². The molecule has 3 rings (SSSR count). The van der Waals surface area contributed by atoms with E-state index in [1.807, 2.05) is 6.07 Å². The zero-order chi connectivity index (χ0) is 19.4. The van der Waals surface area contributed by atoms with Gasteiger partial charge in [-0.05, 0) is 18.1 Å². The zero-order valence-electron chi connectivity index (χ0n) is 14.8. The number of imide groups is 1. The van der Waals surface area contributed by atoms with Crippen molar-refractivity contribution in [1.82, 2.24) is 10.6 Å². The molecule has 1 saturated heterocycles. The van der Waals surface area contributed by atoms with Gasteiger partial charge in [-0.2, -0.15) is 0 Å². The lowest BCUT2D eigenvalue weighted by atomic mass is 9.82. The van der Waals surface area contributed by atoms with E-state index in [9.17, 15) is 19.5 Å². The van der Waals surface area contributed by atoms with E-state index in [1.165, 1.54) is 0 Å². The summed E-state index contributed by atoms with van der Waals surface area (Å²) >= 11 is 0. The van der Waals surface area contributed by atoms with Crippen molar-refractivity contribution in [1.29, 1.82) is 0 Å². The predicted octanol–water partition coefficient (Wildman–Crippen LogP) is 2.26. The molecule has 1 aliphatic heterocycles. The summed E-state index contributed by atoms with van der Waals surface area (Å²) in [5.74, 6) is -1.78. The van der Waals surface area contributed by atoms with Crippen molar-refractivity contribution in [2.45, 2.75) is 18.9 Å². The minimum absolute atomic E-state index is 0.0384. The summed E-state index contributed by atoms with van der Waals surface area (Å²) in [7, 11) is 0. The van der Waals surface area contributed by atoms with Gasteiger partial charge in [0.25, 0.3) is 5.91 Å². The van der Waals surface area contributed by atoms with E-state index in [0.29, 0.717) is 23.3 Å². The Morgan fingerprint density at radius 1 is 1.11 bits per heavy atom. The molecule has 2 atom stereocenters. The smallest absolute Gasteiger partial charge is 0.322 e. The molecule has 3 amide bonds. The average molecular weight is 368 g/mol. The normalized spacial score (nSPS) is 19.9. The number of hydrogen-bond acceptors (Lipinski definition) is 4. The SMILES string of the molecule is CCC(COc1ccccc1C1(c2ccccc2)NC(=O)NC1=O)C(=O)O. The van der Waals surface area contributed by atoms with Crippen LogP contribution in [0, 0.1) is 5.92 Å². The molecular weight excluding hydrogens is 348 g/mol. The topological polar surface area (TPSA) is 105 Å². The van der Waals surface area contributed by atoms with E-state index in [-0.39, 0.29) is 6.61 Å². The van der Waals surface area contributed by atoms with Gasteiger partial charge in [0.1, 0.15) is 12.4 Å². The van der Waals surface area contributed by atoms with E-state index < -0.39 is 29.4 Å². The number of carbonyl (C=O) groups is 3. The molecule has 7 nitrogen and oxygen atoms in total. The Hall–Kier alpha value is -3.35. The van der Waals surface area contributed by atoms with Crippen LogP contribution in [0.2, 0.25) is 0 Å². The van der Waals surface area contributed by atoms with Crippen LogP contribution in [-0.4, -0.2) is 29.6 Å². The van der Waals surface area contributed by atoms with Crippen LogP contribution in [0.15, 0.2) is 54.6 Å². The Labute approximate surface area is 156 Å². The van der Waals surface area contributed by atoms with Crippen LogP contribution in [-0.2, 0) is 15.1 Å². The lowest BCUT2D eigenvalue weighted by Gasteiger charge is -2.29. The first-order chi connectivity index (χ1) is 13.0. The Kier molecular flexibility index (Phi) is 5.12. The number of nitrogens with one attached hydrogen (secondary N) is 2. The van der Waals surface area contributed by atoms with Crippen molar-refractivity contribution in [3.63, 3.8) is 0 Å². The standard InChI is InChI=1S/C20H20N2O5/c1-2-13(17(23)24)12-27-16-11-7-6-10-15(16)20(14-8-4-3-5-9-14)18(25)21-19(26)22-20/h3-11,13H,2,12H2,1H3,(H,23,24)(H2,21,22,25,26). The fourth-order valence-electron chi connectivity index (χ4n) is 3.15. The second-order valence-electron chi connectivity index (χ2n) is 6.27. The van der Waals surface area contributed by atoms with E-state index in [2.05, 4.69) is 10.6 Å². The number of ether oxygens (including phenoxy) is 1. The van der Waals surface area contributed by atoms with Crippen molar-refractivity contribution in [3.8, 4) is 5.75 Å². The van der Waals surface area contributed by atoms with Crippen LogP contribution >= 0.6 is 0 Å². The number of benzene rings is 2. The molecule has 1 aliphatic rings. The Morgan fingerprint density at radius 3 is 2.37 bits per heavy atom. The summed E-state index contributed by atoms with van der Waals surface area (Å²) in [6.07, 6.45) is 0.415. The van der Waals surface area contributed by atoms with Gasteiger partial charge in [-0.15, -0.1) is 0 Å². The third-order valence-corrected chi connectivity index (χ3v) is 4.65. The van der Waals surface area contributed by atoms with Gasteiger partial charge in [0, 0.05) is 5.56 Å². The van der Waals surface area contributed by atoms with Gasteiger partial charge in [-0.25, -0.2) is 4.79 Å². The number of amides is 3. The van der Waals surface area contributed by atoms with Gasteiger partial charge in [-0.3, -0.25) is 14.9 Å². The quantitative estimate of drug-likeness (QED) is 0.650. The third-order valence-electron chi connectivity index (χ3n) is 4.65. The highest BCUT2D eigenvalue weighted by atomic mass is 16.5. The molecule has 2 unspecified atom stereocenters. The average Bonchev–Trinajstić information content (AvgIpc) is 2.98. The van der Waals surface area contributed by atoms with Gasteiger partial charge in [0.2, 0.25) is 0 Å². The molecule has 2 aromatic rings. The van der Waals surface area contributed by atoms with Crippen molar-refractivity contribution in [2.75, 3.05) is 6.61 Å². The summed E-state index contributed by atoms with van der Waals surface area (Å²) in [6, 6.07) is 15.1. The highest BCUT2D eigenvalue weighted by molar-refractivity contribution is 6.09. The number of rotatable bonds is 7. The second-order valence-corrected chi connectivity index (χ2v) is 6.27. The number of hydrogen-bond donors (Lipinski definition) is 3. The molecule has 1 fully saturated rings. The lowest BCUT2D eigenvalue weighted by molar-refractivity contribution is -0.142. The molecule has 0 bridgehead atoms. The molecule has 2 aromatic carbocycles. The molecule has 0 spiro atoms. The summed E-state index contributed by atoms with van der Waals surface area (Å²) in [6.45, 7) is 1.73. The molecule has 0 aliphatic carbocycles. The Balaban J connectivity index is 2.06. The van der Waals surface area contributed by atoms with Gasteiger partial charge < -0.3 is 15.2 Å². The van der Waals surface area contributed by atoms with Crippen molar-refractivity contribution >= 4 is 17.9 Å². The highest BCUT2D eigenvalue weighted by Gasteiger charge is 2.50. The molecule has 140 valence electrons. The molecule has 3 N–H and O–H groups in total. The lowest BCUT2D eigenvalue weighted by Crippen LogP contribution is -2.45. The third kappa shape index (κ3) is 3.36. The second kappa shape index (κ2) is 7.49. The summed E-state index contributed by atoms with van der Waals surface area (Å²) in [5, 5.41) is 14.2. The predicted molar refractivity (Wildman–Crippen MR) is 97.3 cm³/mol. The number of urea groups is 1. The molecule has 0 saturated carbocycles. The largest absolute Gasteiger partial charge is 0.492 e. The maximum Gasteiger partial charge on any atom is 0.322 e. The monoisotopic (exact) mass is 368 g/mol. The van der Waals surface area contributed by atoms with E-state index in [0.717, 1.165) is 0 Å². The number of aliphatic carboxylic acids is 1. The summed E-state index contributed by atoms with van der Waals surface area (Å²) in [4.78, 5) is 36.1. The van der Waals surface area contributed by atoms with Crippen LogP contribution < -0.4 is 15.4 Å². The number of carboxylic acid groups (broad SMARTS) is 1. The van der Waals surface area contributed by atoms with E-state index in [1.54, 1.807) is 55.5 Å². The zero-order valence-corrected chi connectivity index (χ0v) is 14.8. The highest BCUT2D eigenvalue weighted by Crippen LogP contribution is 2.38. The first-order valence-electron chi connectivity index (χ1n) is 8.63. The first-order valence-corrected chi connectivity index (χ1v) is 8.63. The molecular formula is C20H20N2O5. The van der Waals surface area contributed by atoms with Gasteiger partial charge in [0.15, 0.2) is 5.54 Å².